The lowest BCUT2D eigenvalue weighted by molar-refractivity contribution is 0.309. The Labute approximate surface area is 110 Å². The summed E-state index contributed by atoms with van der Waals surface area (Å²) in [4.78, 5) is 2.20. The molecule has 9 heteroatoms. The SMILES string of the molecule is CCN(CC)CCNP(N)(N)=O.Cl.Cl.Cl. The molecule has 0 aliphatic rings. The van der Waals surface area contributed by atoms with Crippen molar-refractivity contribution in [3.05, 3.63) is 0 Å². The lowest BCUT2D eigenvalue weighted by atomic mass is 10.5. The van der Waals surface area contributed by atoms with Crippen LogP contribution in [0.2, 0.25) is 0 Å². The molecule has 0 aliphatic carbocycles. The van der Waals surface area contributed by atoms with Gasteiger partial charge in [0, 0.05) is 13.1 Å². The zero-order chi connectivity index (χ0) is 9.61. The minimum absolute atomic E-state index is 0. The molecule has 98 valence electrons. The van der Waals surface area contributed by atoms with E-state index < -0.39 is 7.59 Å². The van der Waals surface area contributed by atoms with E-state index in [1.165, 1.54) is 0 Å². The van der Waals surface area contributed by atoms with E-state index in [0.717, 1.165) is 19.6 Å². The molecule has 0 aromatic carbocycles. The monoisotopic (exact) mass is 302 g/mol. The molecule has 0 rings (SSSR count). The molecule has 0 aromatic rings. The average Bonchev–Trinajstić information content (AvgIpc) is 1.96. The van der Waals surface area contributed by atoms with E-state index in [4.69, 9.17) is 11.0 Å². The topological polar surface area (TPSA) is 84.4 Å². The maximum Gasteiger partial charge on any atom is 0.273 e. The van der Waals surface area contributed by atoms with Gasteiger partial charge in [-0.25, -0.2) is 5.09 Å². The van der Waals surface area contributed by atoms with Crippen molar-refractivity contribution in [1.29, 1.82) is 0 Å². The van der Waals surface area contributed by atoms with Crippen molar-refractivity contribution in [2.24, 2.45) is 11.0 Å². The zero-order valence-corrected chi connectivity index (χ0v) is 12.4. The standard InChI is InChI=1S/C6H19N4OP.3ClH/c1-3-10(4-2)6-5-9-12(7,8)11;;;/h3-6H2,1-2H3,(H5,7,8,9,11);3*1H. The highest BCUT2D eigenvalue weighted by molar-refractivity contribution is 7.56. The van der Waals surface area contributed by atoms with Crippen molar-refractivity contribution in [2.75, 3.05) is 26.2 Å². The minimum Gasteiger partial charge on any atom is -0.303 e. The van der Waals surface area contributed by atoms with Crippen LogP contribution in [0.1, 0.15) is 13.8 Å². The second kappa shape index (κ2) is 13.0. The van der Waals surface area contributed by atoms with Crippen molar-refractivity contribution >= 4 is 44.8 Å². The van der Waals surface area contributed by atoms with Crippen LogP contribution in [0.3, 0.4) is 0 Å². The van der Waals surface area contributed by atoms with E-state index in [0.29, 0.717) is 6.54 Å². The van der Waals surface area contributed by atoms with Gasteiger partial charge in [-0.15, -0.1) is 37.2 Å². The number of rotatable bonds is 6. The molecular weight excluding hydrogens is 281 g/mol. The largest absolute Gasteiger partial charge is 0.303 e. The molecule has 0 saturated heterocycles. The second-order valence-corrected chi connectivity index (χ2v) is 4.38. The molecule has 0 amide bonds. The van der Waals surface area contributed by atoms with Crippen LogP contribution in [-0.2, 0) is 4.57 Å². The van der Waals surface area contributed by atoms with Gasteiger partial charge in [0.15, 0.2) is 0 Å². The molecule has 0 unspecified atom stereocenters. The lowest BCUT2D eigenvalue weighted by Gasteiger charge is -2.18. The summed E-state index contributed by atoms with van der Waals surface area (Å²) in [5.41, 5.74) is 10.2. The maximum atomic E-state index is 10.8. The Kier molecular flexibility index (Phi) is 21.6. The Morgan fingerprint density at radius 3 is 1.80 bits per heavy atom. The van der Waals surface area contributed by atoms with Crippen LogP contribution in [-0.4, -0.2) is 31.1 Å². The maximum absolute atomic E-state index is 10.8. The number of likely N-dealkylation sites (N-methyl/N-ethyl adjacent to an activating group) is 1. The van der Waals surface area contributed by atoms with Gasteiger partial charge in [0.25, 0.3) is 7.59 Å². The van der Waals surface area contributed by atoms with E-state index >= 15 is 0 Å². The molecule has 0 atom stereocenters. The van der Waals surface area contributed by atoms with Crippen LogP contribution < -0.4 is 16.1 Å². The van der Waals surface area contributed by atoms with E-state index in [9.17, 15) is 4.57 Å². The summed E-state index contributed by atoms with van der Waals surface area (Å²) in [7, 11) is -3.02. The fourth-order valence-corrected chi connectivity index (χ4v) is 1.37. The normalized spacial score (nSPS) is 9.93. The zero-order valence-electron chi connectivity index (χ0n) is 9.01. The number of hydrogen-bond acceptors (Lipinski definition) is 2. The van der Waals surface area contributed by atoms with Crippen LogP contribution in [0.15, 0.2) is 0 Å². The van der Waals surface area contributed by atoms with Crippen LogP contribution in [0.5, 0.6) is 0 Å². The summed E-state index contributed by atoms with van der Waals surface area (Å²) < 4.78 is 10.8. The molecule has 0 aromatic heterocycles. The molecule has 0 bridgehead atoms. The van der Waals surface area contributed by atoms with Gasteiger partial charge in [-0.3, -0.25) is 15.6 Å². The molecule has 0 saturated carbocycles. The summed E-state index contributed by atoms with van der Waals surface area (Å²) in [6, 6.07) is 0. The molecule has 5 N–H and O–H groups in total. The van der Waals surface area contributed by atoms with Gasteiger partial charge < -0.3 is 4.90 Å². The summed E-state index contributed by atoms with van der Waals surface area (Å²) in [5, 5.41) is 2.59. The third-order valence-corrected chi connectivity index (χ3v) is 2.40. The van der Waals surface area contributed by atoms with Gasteiger partial charge in [0.05, 0.1) is 0 Å². The summed E-state index contributed by atoms with van der Waals surface area (Å²) in [6.07, 6.45) is 0. The van der Waals surface area contributed by atoms with Crippen molar-refractivity contribution in [2.45, 2.75) is 13.8 Å². The van der Waals surface area contributed by atoms with Crippen molar-refractivity contribution in [1.82, 2.24) is 9.99 Å². The first-order valence-electron chi connectivity index (χ1n) is 4.14. The van der Waals surface area contributed by atoms with Gasteiger partial charge in [-0.05, 0) is 13.1 Å². The van der Waals surface area contributed by atoms with E-state index in [-0.39, 0.29) is 37.2 Å². The smallest absolute Gasteiger partial charge is 0.273 e. The Morgan fingerprint density at radius 2 is 1.53 bits per heavy atom. The number of hydrogen-bond donors (Lipinski definition) is 3. The van der Waals surface area contributed by atoms with Gasteiger partial charge >= 0.3 is 0 Å². The van der Waals surface area contributed by atoms with Crippen LogP contribution in [0, 0.1) is 0 Å². The first-order valence-corrected chi connectivity index (χ1v) is 5.98. The number of nitrogens with two attached hydrogens (primary N) is 2. The highest BCUT2D eigenvalue weighted by atomic mass is 35.5. The fraction of sp³-hybridized carbons (Fsp3) is 1.00. The third-order valence-electron chi connectivity index (χ3n) is 1.68. The van der Waals surface area contributed by atoms with E-state index in [2.05, 4.69) is 23.8 Å². The summed E-state index contributed by atoms with van der Waals surface area (Å²) in [5.74, 6) is 0. The Morgan fingerprint density at radius 1 is 1.13 bits per heavy atom. The van der Waals surface area contributed by atoms with E-state index in [1.54, 1.807) is 0 Å². The summed E-state index contributed by atoms with van der Waals surface area (Å²) >= 11 is 0. The Balaban J connectivity index is -0.000000202. The van der Waals surface area contributed by atoms with E-state index in [1.807, 2.05) is 0 Å². The molecule has 0 fully saturated rings. The highest BCUT2D eigenvalue weighted by Gasteiger charge is 2.06. The fourth-order valence-electron chi connectivity index (χ4n) is 0.923. The predicted octanol–water partition coefficient (Wildman–Crippen LogP) is 1.21. The first-order chi connectivity index (χ1) is 5.49. The number of nitrogens with one attached hydrogen (secondary N) is 1. The molecule has 5 nitrogen and oxygen atoms in total. The van der Waals surface area contributed by atoms with Gasteiger partial charge in [-0.1, -0.05) is 13.8 Å². The van der Waals surface area contributed by atoms with Gasteiger partial charge in [0.2, 0.25) is 0 Å². The predicted molar refractivity (Wildman–Crippen MR) is 73.5 cm³/mol. The van der Waals surface area contributed by atoms with Crippen molar-refractivity contribution < 1.29 is 4.57 Å². The Bertz CT molecular complexity index is 164. The van der Waals surface area contributed by atoms with Crippen LogP contribution >= 0.6 is 44.8 Å². The molecule has 15 heavy (non-hydrogen) atoms. The molecule has 0 spiro atoms. The Hall–Kier alpha value is 0.940. The summed E-state index contributed by atoms with van der Waals surface area (Å²) in [6.45, 7) is 7.52. The average molecular weight is 304 g/mol. The molecule has 0 radical (unpaired) electrons. The van der Waals surface area contributed by atoms with Crippen LogP contribution in [0.25, 0.3) is 0 Å². The molecule has 0 heterocycles. The minimum atomic E-state index is -3.02. The second-order valence-electron chi connectivity index (χ2n) is 2.64. The van der Waals surface area contributed by atoms with Crippen LogP contribution in [0.4, 0.5) is 0 Å². The first kappa shape index (κ1) is 25.0. The molecule has 0 aliphatic heterocycles. The van der Waals surface area contributed by atoms with Crippen molar-refractivity contribution in [3.8, 4) is 0 Å². The highest BCUT2D eigenvalue weighted by Crippen LogP contribution is 2.15. The quantitative estimate of drug-likeness (QED) is 0.642. The lowest BCUT2D eigenvalue weighted by Crippen LogP contribution is -2.33. The van der Waals surface area contributed by atoms with Crippen molar-refractivity contribution in [3.63, 3.8) is 0 Å². The number of nitrogens with zero attached hydrogens (tertiary/aromatic N) is 1. The molecular formula is C6H22Cl3N4OP. The number of halogens is 3. The third kappa shape index (κ3) is 17.5. The van der Waals surface area contributed by atoms with Gasteiger partial charge in [0.1, 0.15) is 0 Å². The van der Waals surface area contributed by atoms with Gasteiger partial charge in [-0.2, -0.15) is 0 Å².